The Bertz CT molecular complexity index is 495. The average molecular weight is 319 g/mol. The summed E-state index contributed by atoms with van der Waals surface area (Å²) in [5.41, 5.74) is 0.443. The zero-order valence-electron chi connectivity index (χ0n) is 11.3. The number of carbonyl (C=O) groups is 2. The van der Waals surface area contributed by atoms with Crippen molar-refractivity contribution in [2.45, 2.75) is 6.92 Å². The highest BCUT2D eigenvalue weighted by Crippen LogP contribution is 2.25. The van der Waals surface area contributed by atoms with Gasteiger partial charge in [-0.15, -0.1) is 0 Å². The summed E-state index contributed by atoms with van der Waals surface area (Å²) in [4.78, 5) is 24.7. The van der Waals surface area contributed by atoms with Crippen LogP contribution in [0.1, 0.15) is 6.92 Å². The molecule has 0 spiro atoms. The van der Waals surface area contributed by atoms with Crippen molar-refractivity contribution in [3.05, 3.63) is 28.2 Å². The van der Waals surface area contributed by atoms with Gasteiger partial charge in [0.15, 0.2) is 0 Å². The first kappa shape index (κ1) is 16.8. The number of benzene rings is 1. The van der Waals surface area contributed by atoms with E-state index in [1.807, 2.05) is 6.92 Å². The van der Waals surface area contributed by atoms with Crippen LogP contribution in [0.3, 0.4) is 0 Å². The highest BCUT2D eigenvalue weighted by atomic mass is 35.5. The van der Waals surface area contributed by atoms with E-state index >= 15 is 0 Å². The molecule has 0 bridgehead atoms. The fourth-order valence-electron chi connectivity index (χ4n) is 1.51. The summed E-state index contributed by atoms with van der Waals surface area (Å²) < 4.78 is 4.57. The van der Waals surface area contributed by atoms with Crippen LogP contribution in [0, 0.1) is 0 Å². The Morgan fingerprint density at radius 3 is 2.60 bits per heavy atom. The van der Waals surface area contributed by atoms with E-state index in [9.17, 15) is 9.59 Å². The Hall–Kier alpha value is -1.30. The molecule has 1 aromatic carbocycles. The molecule has 0 aliphatic heterocycles. The molecule has 0 aliphatic carbocycles. The van der Waals surface area contributed by atoms with Crippen LogP contribution in [0.4, 0.5) is 5.69 Å². The molecule has 1 amide bonds. The van der Waals surface area contributed by atoms with Gasteiger partial charge >= 0.3 is 5.97 Å². The minimum Gasteiger partial charge on any atom is -0.468 e. The first-order valence-corrected chi connectivity index (χ1v) is 6.76. The summed E-state index contributed by atoms with van der Waals surface area (Å²) >= 11 is 11.8. The van der Waals surface area contributed by atoms with Crippen LogP contribution in [0.5, 0.6) is 0 Å². The van der Waals surface area contributed by atoms with Gasteiger partial charge in [-0.05, 0) is 24.7 Å². The summed E-state index contributed by atoms with van der Waals surface area (Å²) in [5.74, 6) is -0.666. The van der Waals surface area contributed by atoms with Crippen molar-refractivity contribution in [2.24, 2.45) is 0 Å². The van der Waals surface area contributed by atoms with Gasteiger partial charge in [-0.3, -0.25) is 14.5 Å². The SMILES string of the molecule is CCN(CC(=O)Nc1cc(Cl)ccc1Cl)CC(=O)OC. The van der Waals surface area contributed by atoms with Crippen LogP contribution in [0.2, 0.25) is 10.0 Å². The summed E-state index contributed by atoms with van der Waals surface area (Å²) in [5, 5.41) is 3.54. The van der Waals surface area contributed by atoms with Crippen LogP contribution in [0.25, 0.3) is 0 Å². The number of carbonyl (C=O) groups excluding carboxylic acids is 2. The third kappa shape index (κ3) is 5.36. The Kier molecular flexibility index (Phi) is 6.78. The lowest BCUT2D eigenvalue weighted by Gasteiger charge is -2.18. The van der Waals surface area contributed by atoms with E-state index in [1.165, 1.54) is 7.11 Å². The number of hydrogen-bond acceptors (Lipinski definition) is 4. The number of anilines is 1. The highest BCUT2D eigenvalue weighted by Gasteiger charge is 2.14. The number of halogens is 2. The Morgan fingerprint density at radius 2 is 2.00 bits per heavy atom. The third-order valence-corrected chi connectivity index (χ3v) is 3.16. The second-order valence-electron chi connectivity index (χ2n) is 4.05. The van der Waals surface area contributed by atoms with Gasteiger partial charge in [-0.2, -0.15) is 0 Å². The molecule has 0 saturated carbocycles. The van der Waals surface area contributed by atoms with E-state index in [0.29, 0.717) is 22.3 Å². The number of likely N-dealkylation sites (N-methyl/N-ethyl adjacent to an activating group) is 1. The first-order valence-electron chi connectivity index (χ1n) is 6.00. The van der Waals surface area contributed by atoms with Gasteiger partial charge in [0.1, 0.15) is 0 Å². The maximum atomic E-state index is 11.9. The highest BCUT2D eigenvalue weighted by molar-refractivity contribution is 6.35. The fourth-order valence-corrected chi connectivity index (χ4v) is 1.85. The molecule has 1 aromatic rings. The van der Waals surface area contributed by atoms with Gasteiger partial charge in [0.05, 0.1) is 30.9 Å². The third-order valence-electron chi connectivity index (χ3n) is 2.60. The molecular weight excluding hydrogens is 303 g/mol. The molecule has 7 heteroatoms. The Labute approximate surface area is 127 Å². The van der Waals surface area contributed by atoms with Crippen molar-refractivity contribution in [3.63, 3.8) is 0 Å². The van der Waals surface area contributed by atoms with Crippen LogP contribution < -0.4 is 5.32 Å². The quantitative estimate of drug-likeness (QED) is 0.818. The molecule has 20 heavy (non-hydrogen) atoms. The number of methoxy groups -OCH3 is 1. The van der Waals surface area contributed by atoms with Crippen molar-refractivity contribution in [1.82, 2.24) is 4.90 Å². The van der Waals surface area contributed by atoms with Gasteiger partial charge in [0.2, 0.25) is 5.91 Å². The van der Waals surface area contributed by atoms with E-state index in [1.54, 1.807) is 23.1 Å². The minimum absolute atomic E-state index is 0.0592. The predicted octanol–water partition coefficient (Wildman–Crippen LogP) is 2.43. The van der Waals surface area contributed by atoms with E-state index in [4.69, 9.17) is 23.2 Å². The average Bonchev–Trinajstić information content (AvgIpc) is 2.41. The van der Waals surface area contributed by atoms with E-state index < -0.39 is 0 Å². The molecule has 0 unspecified atom stereocenters. The molecule has 0 fully saturated rings. The van der Waals surface area contributed by atoms with E-state index in [-0.39, 0.29) is 25.0 Å². The Morgan fingerprint density at radius 1 is 1.30 bits per heavy atom. The molecule has 0 aliphatic rings. The van der Waals surface area contributed by atoms with Crippen molar-refractivity contribution in [1.29, 1.82) is 0 Å². The molecular formula is C13H16Cl2N2O3. The maximum absolute atomic E-state index is 11.9. The molecule has 1 N–H and O–H groups in total. The lowest BCUT2D eigenvalue weighted by molar-refractivity contribution is -0.142. The van der Waals surface area contributed by atoms with Crippen LogP contribution in [-0.2, 0) is 14.3 Å². The summed E-state index contributed by atoms with van der Waals surface area (Å²) in [6, 6.07) is 4.80. The van der Waals surface area contributed by atoms with Gasteiger partial charge in [-0.25, -0.2) is 0 Å². The number of nitrogens with zero attached hydrogens (tertiary/aromatic N) is 1. The summed E-state index contributed by atoms with van der Waals surface area (Å²) in [7, 11) is 1.31. The molecule has 0 aromatic heterocycles. The Balaban J connectivity index is 2.61. The number of esters is 1. The van der Waals surface area contributed by atoms with Gasteiger partial charge in [-0.1, -0.05) is 30.1 Å². The van der Waals surface area contributed by atoms with Crippen molar-refractivity contribution in [2.75, 3.05) is 32.1 Å². The minimum atomic E-state index is -0.388. The number of rotatable bonds is 6. The standard InChI is InChI=1S/C13H16Cl2N2O3/c1-3-17(8-13(19)20-2)7-12(18)16-11-6-9(14)4-5-10(11)15/h4-6H,3,7-8H2,1-2H3,(H,16,18). The van der Waals surface area contributed by atoms with Crippen molar-refractivity contribution in [3.8, 4) is 0 Å². The van der Waals surface area contributed by atoms with Gasteiger partial charge < -0.3 is 10.1 Å². The normalized spacial score (nSPS) is 10.4. The van der Waals surface area contributed by atoms with Crippen LogP contribution >= 0.6 is 23.2 Å². The lowest BCUT2D eigenvalue weighted by Crippen LogP contribution is -2.37. The topological polar surface area (TPSA) is 58.6 Å². The second-order valence-corrected chi connectivity index (χ2v) is 4.90. The number of amides is 1. The number of hydrogen-bond donors (Lipinski definition) is 1. The fraction of sp³-hybridized carbons (Fsp3) is 0.385. The molecule has 0 atom stereocenters. The molecule has 0 radical (unpaired) electrons. The van der Waals surface area contributed by atoms with Crippen LogP contribution in [-0.4, -0.2) is 43.5 Å². The summed E-state index contributed by atoms with van der Waals surface area (Å²) in [6.45, 7) is 2.52. The molecule has 0 heterocycles. The molecule has 0 saturated heterocycles. The molecule has 5 nitrogen and oxygen atoms in total. The number of ether oxygens (including phenoxy) is 1. The zero-order chi connectivity index (χ0) is 15.1. The van der Waals surface area contributed by atoms with Crippen molar-refractivity contribution >= 4 is 40.8 Å². The first-order chi connectivity index (χ1) is 9.46. The van der Waals surface area contributed by atoms with Crippen LogP contribution in [0.15, 0.2) is 18.2 Å². The summed E-state index contributed by atoms with van der Waals surface area (Å²) in [6.07, 6.45) is 0. The number of nitrogens with one attached hydrogen (secondary N) is 1. The lowest BCUT2D eigenvalue weighted by atomic mass is 10.3. The smallest absolute Gasteiger partial charge is 0.319 e. The zero-order valence-corrected chi connectivity index (χ0v) is 12.8. The van der Waals surface area contributed by atoms with Gasteiger partial charge in [0.25, 0.3) is 0 Å². The predicted molar refractivity (Wildman–Crippen MR) is 79.2 cm³/mol. The van der Waals surface area contributed by atoms with Gasteiger partial charge in [0, 0.05) is 5.02 Å². The molecule has 110 valence electrons. The largest absolute Gasteiger partial charge is 0.468 e. The maximum Gasteiger partial charge on any atom is 0.319 e. The van der Waals surface area contributed by atoms with Crippen molar-refractivity contribution < 1.29 is 14.3 Å². The van der Waals surface area contributed by atoms with E-state index in [0.717, 1.165) is 0 Å². The van der Waals surface area contributed by atoms with E-state index in [2.05, 4.69) is 10.1 Å². The monoisotopic (exact) mass is 318 g/mol. The molecule has 1 rings (SSSR count). The second kappa shape index (κ2) is 8.09.